The number of hydrogen-bond acceptors (Lipinski definition) is 3. The minimum atomic E-state index is 0.199. The van der Waals surface area contributed by atoms with Gasteiger partial charge < -0.3 is 15.5 Å². The molecule has 0 radical (unpaired) electrons. The summed E-state index contributed by atoms with van der Waals surface area (Å²) in [6, 6.07) is 0. The van der Waals surface area contributed by atoms with Crippen LogP contribution in [-0.4, -0.2) is 50.1 Å². The first-order valence-corrected chi connectivity index (χ1v) is 7.07. The third-order valence-corrected chi connectivity index (χ3v) is 3.84. The van der Waals surface area contributed by atoms with Gasteiger partial charge in [-0.3, -0.25) is 4.79 Å². The van der Waals surface area contributed by atoms with Gasteiger partial charge in [0, 0.05) is 19.6 Å². The van der Waals surface area contributed by atoms with E-state index in [0.29, 0.717) is 0 Å². The van der Waals surface area contributed by atoms with Gasteiger partial charge in [-0.15, -0.1) is 0 Å². The monoisotopic (exact) mass is 239 g/mol. The van der Waals surface area contributed by atoms with Gasteiger partial charge in [0.25, 0.3) is 0 Å². The van der Waals surface area contributed by atoms with E-state index in [1.165, 1.54) is 32.4 Å². The van der Waals surface area contributed by atoms with Crippen molar-refractivity contribution in [1.29, 1.82) is 0 Å². The van der Waals surface area contributed by atoms with E-state index in [9.17, 15) is 4.79 Å². The van der Waals surface area contributed by atoms with Crippen LogP contribution in [0.2, 0.25) is 0 Å². The van der Waals surface area contributed by atoms with Crippen molar-refractivity contribution < 1.29 is 4.79 Å². The predicted octanol–water partition coefficient (Wildman–Crippen LogP) is 0.588. The number of likely N-dealkylation sites (tertiary alicyclic amines) is 1. The molecule has 1 atom stereocenters. The maximum Gasteiger partial charge on any atom is 0.224 e. The van der Waals surface area contributed by atoms with Crippen LogP contribution in [0.1, 0.15) is 32.1 Å². The van der Waals surface area contributed by atoms with Crippen molar-refractivity contribution in [3.8, 4) is 0 Å². The zero-order valence-electron chi connectivity index (χ0n) is 10.7. The molecule has 98 valence electrons. The number of carbonyl (C=O) groups excluding carboxylic acids is 1. The van der Waals surface area contributed by atoms with Crippen LogP contribution in [0.15, 0.2) is 0 Å². The summed E-state index contributed by atoms with van der Waals surface area (Å²) in [7, 11) is 0. The second-order valence-electron chi connectivity index (χ2n) is 5.24. The molecule has 0 saturated carbocycles. The number of hydrogen-bond donors (Lipinski definition) is 2. The highest BCUT2D eigenvalue weighted by molar-refractivity contribution is 5.78. The van der Waals surface area contributed by atoms with Crippen LogP contribution in [0.25, 0.3) is 0 Å². The molecule has 0 aromatic carbocycles. The SMILES string of the molecule is O=C(NCCN1CCCCC1)C1CCCNC1. The lowest BCUT2D eigenvalue weighted by Crippen LogP contribution is -2.43. The molecule has 2 heterocycles. The van der Waals surface area contributed by atoms with Gasteiger partial charge in [-0.25, -0.2) is 0 Å². The Morgan fingerprint density at radius 3 is 2.76 bits per heavy atom. The smallest absolute Gasteiger partial charge is 0.224 e. The molecule has 2 fully saturated rings. The number of rotatable bonds is 4. The molecule has 0 bridgehead atoms. The topological polar surface area (TPSA) is 44.4 Å². The van der Waals surface area contributed by atoms with Crippen molar-refractivity contribution in [3.05, 3.63) is 0 Å². The molecule has 2 rings (SSSR count). The summed E-state index contributed by atoms with van der Waals surface area (Å²) in [6.45, 7) is 6.18. The van der Waals surface area contributed by atoms with Gasteiger partial charge in [0.05, 0.1) is 5.92 Å². The Bertz CT molecular complexity index is 233. The van der Waals surface area contributed by atoms with Crippen molar-refractivity contribution in [1.82, 2.24) is 15.5 Å². The van der Waals surface area contributed by atoms with E-state index in [-0.39, 0.29) is 11.8 Å². The zero-order valence-corrected chi connectivity index (χ0v) is 10.7. The second kappa shape index (κ2) is 6.97. The van der Waals surface area contributed by atoms with Crippen molar-refractivity contribution in [2.45, 2.75) is 32.1 Å². The van der Waals surface area contributed by atoms with E-state index < -0.39 is 0 Å². The van der Waals surface area contributed by atoms with Crippen LogP contribution in [0.4, 0.5) is 0 Å². The van der Waals surface area contributed by atoms with E-state index in [1.807, 2.05) is 0 Å². The Hall–Kier alpha value is -0.610. The first kappa shape index (κ1) is 12.8. The van der Waals surface area contributed by atoms with Gasteiger partial charge in [0.2, 0.25) is 5.91 Å². The van der Waals surface area contributed by atoms with Crippen LogP contribution in [0.3, 0.4) is 0 Å². The van der Waals surface area contributed by atoms with Gasteiger partial charge in [-0.05, 0) is 45.3 Å². The number of carbonyl (C=O) groups is 1. The first-order valence-electron chi connectivity index (χ1n) is 7.07. The number of nitrogens with one attached hydrogen (secondary N) is 2. The predicted molar refractivity (Wildman–Crippen MR) is 68.9 cm³/mol. The molecule has 1 unspecified atom stereocenters. The summed E-state index contributed by atoms with van der Waals surface area (Å²) in [6.07, 6.45) is 6.18. The third-order valence-electron chi connectivity index (χ3n) is 3.84. The fraction of sp³-hybridized carbons (Fsp3) is 0.923. The van der Waals surface area contributed by atoms with Crippen LogP contribution in [-0.2, 0) is 4.79 Å². The molecule has 0 spiro atoms. The van der Waals surface area contributed by atoms with Gasteiger partial charge in [0.1, 0.15) is 0 Å². The lowest BCUT2D eigenvalue weighted by atomic mass is 9.99. The van der Waals surface area contributed by atoms with Gasteiger partial charge in [-0.2, -0.15) is 0 Å². The molecule has 2 N–H and O–H groups in total. The average Bonchev–Trinajstić information content (AvgIpc) is 2.41. The van der Waals surface area contributed by atoms with Crippen molar-refractivity contribution in [2.75, 3.05) is 39.3 Å². The summed E-state index contributed by atoms with van der Waals surface area (Å²) in [5.41, 5.74) is 0. The van der Waals surface area contributed by atoms with Crippen molar-refractivity contribution in [2.24, 2.45) is 5.92 Å². The van der Waals surface area contributed by atoms with E-state index in [1.54, 1.807) is 0 Å². The number of piperidine rings is 2. The van der Waals surface area contributed by atoms with Crippen LogP contribution in [0, 0.1) is 5.92 Å². The van der Waals surface area contributed by atoms with E-state index in [2.05, 4.69) is 15.5 Å². The average molecular weight is 239 g/mol. The number of nitrogens with zero attached hydrogens (tertiary/aromatic N) is 1. The summed E-state index contributed by atoms with van der Waals surface area (Å²) < 4.78 is 0. The van der Waals surface area contributed by atoms with Crippen LogP contribution in [0.5, 0.6) is 0 Å². The van der Waals surface area contributed by atoms with Gasteiger partial charge in [-0.1, -0.05) is 6.42 Å². The quantitative estimate of drug-likeness (QED) is 0.754. The fourth-order valence-corrected chi connectivity index (χ4v) is 2.74. The van der Waals surface area contributed by atoms with Crippen molar-refractivity contribution in [3.63, 3.8) is 0 Å². The Morgan fingerprint density at radius 2 is 2.06 bits per heavy atom. The second-order valence-corrected chi connectivity index (χ2v) is 5.24. The molecule has 17 heavy (non-hydrogen) atoms. The molecule has 2 saturated heterocycles. The summed E-state index contributed by atoms with van der Waals surface area (Å²) >= 11 is 0. The minimum absolute atomic E-state index is 0.199. The van der Waals surface area contributed by atoms with Crippen LogP contribution < -0.4 is 10.6 Å². The summed E-state index contributed by atoms with van der Waals surface area (Å²) in [5.74, 6) is 0.444. The minimum Gasteiger partial charge on any atom is -0.355 e. The molecular weight excluding hydrogens is 214 g/mol. The van der Waals surface area contributed by atoms with E-state index in [0.717, 1.165) is 39.0 Å². The van der Waals surface area contributed by atoms with Gasteiger partial charge >= 0.3 is 0 Å². The molecule has 2 aliphatic heterocycles. The number of amides is 1. The molecule has 0 aromatic rings. The molecule has 4 nitrogen and oxygen atoms in total. The summed E-state index contributed by atoms with van der Waals surface area (Å²) in [5, 5.41) is 6.36. The molecule has 2 aliphatic rings. The molecule has 0 aliphatic carbocycles. The van der Waals surface area contributed by atoms with Crippen molar-refractivity contribution >= 4 is 5.91 Å². The molecule has 4 heteroatoms. The first-order chi connectivity index (χ1) is 8.36. The molecule has 0 aromatic heterocycles. The highest BCUT2D eigenvalue weighted by Gasteiger charge is 2.20. The Kier molecular flexibility index (Phi) is 5.26. The normalized spacial score (nSPS) is 26.7. The lowest BCUT2D eigenvalue weighted by Gasteiger charge is -2.27. The third kappa shape index (κ3) is 4.28. The maximum absolute atomic E-state index is 11.9. The zero-order chi connectivity index (χ0) is 11.9. The van der Waals surface area contributed by atoms with E-state index in [4.69, 9.17) is 0 Å². The highest BCUT2D eigenvalue weighted by atomic mass is 16.1. The summed E-state index contributed by atoms with van der Waals surface area (Å²) in [4.78, 5) is 14.3. The Balaban J connectivity index is 1.58. The molecular formula is C13H25N3O. The Morgan fingerprint density at radius 1 is 1.24 bits per heavy atom. The highest BCUT2D eigenvalue weighted by Crippen LogP contribution is 2.10. The Labute approximate surface area is 104 Å². The largest absolute Gasteiger partial charge is 0.355 e. The standard InChI is InChI=1S/C13H25N3O/c17-13(12-5-4-6-14-11-12)15-7-10-16-8-2-1-3-9-16/h12,14H,1-11H2,(H,15,17). The van der Waals surface area contributed by atoms with E-state index >= 15 is 0 Å². The fourth-order valence-electron chi connectivity index (χ4n) is 2.74. The maximum atomic E-state index is 11.9. The molecule has 1 amide bonds. The van der Waals surface area contributed by atoms with Gasteiger partial charge in [0.15, 0.2) is 0 Å². The lowest BCUT2D eigenvalue weighted by molar-refractivity contribution is -0.125. The van der Waals surface area contributed by atoms with Crippen LogP contribution >= 0.6 is 0 Å².